The molecule has 4 rings (SSSR count). The first-order valence-electron chi connectivity index (χ1n) is 10.2. The largest absolute Gasteiger partial charge is 0.417 e. The van der Waals surface area contributed by atoms with Gasteiger partial charge in [-0.25, -0.2) is 19.5 Å². The molecule has 1 N–H and O–H groups in total. The Balaban J connectivity index is 1.82. The molecule has 7 nitrogen and oxygen atoms in total. The van der Waals surface area contributed by atoms with Gasteiger partial charge in [-0.2, -0.15) is 18.3 Å². The zero-order valence-electron chi connectivity index (χ0n) is 18.4. The smallest absolute Gasteiger partial charge is 0.305 e. The lowest BCUT2D eigenvalue weighted by atomic mass is 10.0. The number of alkyl halides is 3. The molecule has 0 aliphatic rings. The summed E-state index contributed by atoms with van der Waals surface area (Å²) in [5, 5.41) is 7.09. The molecule has 170 valence electrons. The Bertz CT molecular complexity index is 1360. The number of aromatic nitrogens is 5. The second kappa shape index (κ2) is 8.27. The van der Waals surface area contributed by atoms with E-state index in [0.29, 0.717) is 28.5 Å². The van der Waals surface area contributed by atoms with E-state index >= 15 is 0 Å². The van der Waals surface area contributed by atoms with Crippen LogP contribution in [0.15, 0.2) is 42.6 Å². The third kappa shape index (κ3) is 4.28. The maximum atomic E-state index is 13.6. The van der Waals surface area contributed by atoms with Crippen LogP contribution in [0.5, 0.6) is 0 Å². The van der Waals surface area contributed by atoms with E-state index in [1.54, 1.807) is 26.1 Å². The molecule has 0 spiro atoms. The number of amides is 1. The molecule has 1 aromatic carbocycles. The van der Waals surface area contributed by atoms with E-state index in [4.69, 9.17) is 0 Å². The molecular weight excluding hydrogens is 433 g/mol. The number of nitrogens with one attached hydrogen (secondary N) is 1. The van der Waals surface area contributed by atoms with Crippen LogP contribution in [0.1, 0.15) is 52.9 Å². The van der Waals surface area contributed by atoms with Crippen molar-refractivity contribution in [2.45, 2.75) is 39.8 Å². The Morgan fingerprint density at radius 2 is 1.82 bits per heavy atom. The maximum Gasteiger partial charge on any atom is 0.417 e. The molecule has 0 saturated heterocycles. The molecular formula is C23H21F3N6O. The average molecular weight is 454 g/mol. The van der Waals surface area contributed by atoms with Gasteiger partial charge in [0, 0.05) is 17.7 Å². The van der Waals surface area contributed by atoms with E-state index in [1.807, 2.05) is 13.8 Å². The van der Waals surface area contributed by atoms with Crippen LogP contribution in [0, 0.1) is 13.8 Å². The van der Waals surface area contributed by atoms with Gasteiger partial charge in [-0.1, -0.05) is 32.0 Å². The van der Waals surface area contributed by atoms with E-state index in [9.17, 15) is 18.0 Å². The highest BCUT2D eigenvalue weighted by Gasteiger charge is 2.34. The van der Waals surface area contributed by atoms with Crippen molar-refractivity contribution in [3.8, 4) is 11.3 Å². The molecule has 0 fully saturated rings. The Labute approximate surface area is 187 Å². The lowest BCUT2D eigenvalue weighted by Crippen LogP contribution is -2.18. The summed E-state index contributed by atoms with van der Waals surface area (Å²) in [6.07, 6.45) is -3.00. The van der Waals surface area contributed by atoms with E-state index in [1.165, 1.54) is 28.8 Å². The summed E-state index contributed by atoms with van der Waals surface area (Å²) < 4.78 is 42.0. The van der Waals surface area contributed by atoms with Crippen LogP contribution in [-0.4, -0.2) is 30.5 Å². The number of rotatable bonds is 4. The van der Waals surface area contributed by atoms with Crippen LogP contribution in [-0.2, 0) is 6.18 Å². The number of carbonyl (C=O) groups excluding carboxylic acids is 1. The molecule has 0 atom stereocenters. The van der Waals surface area contributed by atoms with Crippen LogP contribution in [0.4, 0.5) is 19.0 Å². The molecule has 0 radical (unpaired) electrons. The molecule has 3 aromatic heterocycles. The monoisotopic (exact) mass is 454 g/mol. The van der Waals surface area contributed by atoms with Gasteiger partial charge in [0.15, 0.2) is 11.3 Å². The zero-order valence-corrected chi connectivity index (χ0v) is 18.4. The molecule has 0 bridgehead atoms. The van der Waals surface area contributed by atoms with Gasteiger partial charge in [-0.15, -0.1) is 0 Å². The van der Waals surface area contributed by atoms with Crippen LogP contribution < -0.4 is 5.32 Å². The average Bonchev–Trinajstić information content (AvgIpc) is 3.10. The second-order valence-corrected chi connectivity index (χ2v) is 7.95. The number of halogens is 3. The highest BCUT2D eigenvalue weighted by Crippen LogP contribution is 2.36. The molecule has 0 unspecified atom stereocenters. The SMILES string of the molecule is Cc1nc2c(C)cc(-c3ccccc3C(F)(F)F)nn2c1C(=O)Nc1ccnc(C(C)C)n1. The van der Waals surface area contributed by atoms with Gasteiger partial charge >= 0.3 is 6.18 Å². The Kier molecular flexibility index (Phi) is 5.61. The van der Waals surface area contributed by atoms with E-state index in [0.717, 1.165) is 6.07 Å². The van der Waals surface area contributed by atoms with E-state index < -0.39 is 17.6 Å². The molecule has 0 saturated carbocycles. The number of fused-ring (bicyclic) bond motifs is 1. The molecule has 0 aliphatic heterocycles. The lowest BCUT2D eigenvalue weighted by molar-refractivity contribution is -0.137. The molecule has 4 aromatic rings. The molecule has 3 heterocycles. The fraction of sp³-hybridized carbons (Fsp3) is 0.261. The predicted molar refractivity (Wildman–Crippen MR) is 117 cm³/mol. The first-order chi connectivity index (χ1) is 15.6. The van der Waals surface area contributed by atoms with Gasteiger partial charge in [0.05, 0.1) is 17.0 Å². The predicted octanol–water partition coefficient (Wildman–Crippen LogP) is 5.20. The molecule has 33 heavy (non-hydrogen) atoms. The summed E-state index contributed by atoms with van der Waals surface area (Å²) in [6.45, 7) is 7.22. The standard InChI is InChI=1S/C23H21F3N6O/c1-12(2)20-27-10-9-18(29-20)30-22(33)19-14(4)28-21-13(3)11-17(31-32(19)21)15-7-5-6-8-16(15)23(24,25)26/h5-12H,1-4H3,(H,27,29,30,33). The van der Waals surface area contributed by atoms with Crippen molar-refractivity contribution in [2.24, 2.45) is 0 Å². The van der Waals surface area contributed by atoms with Crippen molar-refractivity contribution in [2.75, 3.05) is 5.32 Å². The second-order valence-electron chi connectivity index (χ2n) is 7.95. The normalized spacial score (nSPS) is 11.9. The van der Waals surface area contributed by atoms with Gasteiger partial charge in [-0.05, 0) is 37.6 Å². The van der Waals surface area contributed by atoms with Crippen molar-refractivity contribution >= 4 is 17.4 Å². The van der Waals surface area contributed by atoms with Crippen LogP contribution in [0.3, 0.4) is 0 Å². The first-order valence-corrected chi connectivity index (χ1v) is 10.2. The maximum absolute atomic E-state index is 13.6. The topological polar surface area (TPSA) is 85.1 Å². The fourth-order valence-electron chi connectivity index (χ4n) is 3.52. The molecule has 0 aliphatic carbocycles. The van der Waals surface area contributed by atoms with Gasteiger partial charge in [0.25, 0.3) is 5.91 Å². The van der Waals surface area contributed by atoms with E-state index in [2.05, 4.69) is 25.4 Å². The molecule has 10 heteroatoms. The van der Waals surface area contributed by atoms with Crippen LogP contribution in [0.2, 0.25) is 0 Å². The van der Waals surface area contributed by atoms with Crippen molar-refractivity contribution in [1.82, 2.24) is 24.6 Å². The van der Waals surface area contributed by atoms with Crippen molar-refractivity contribution < 1.29 is 18.0 Å². The van der Waals surface area contributed by atoms with Gasteiger partial charge in [-0.3, -0.25) is 4.79 Å². The quantitative estimate of drug-likeness (QED) is 0.458. The minimum absolute atomic E-state index is 0.0694. The summed E-state index contributed by atoms with van der Waals surface area (Å²) >= 11 is 0. The van der Waals surface area contributed by atoms with Gasteiger partial charge in [0.2, 0.25) is 0 Å². The van der Waals surface area contributed by atoms with Crippen molar-refractivity contribution in [1.29, 1.82) is 0 Å². The Morgan fingerprint density at radius 1 is 1.09 bits per heavy atom. The third-order valence-corrected chi connectivity index (χ3v) is 5.10. The number of hydrogen-bond acceptors (Lipinski definition) is 5. The summed E-state index contributed by atoms with van der Waals surface area (Å²) in [6, 6.07) is 8.30. The first kappa shape index (κ1) is 22.4. The number of nitrogens with zero attached hydrogens (tertiary/aromatic N) is 5. The Hall–Kier alpha value is -3.82. The van der Waals surface area contributed by atoms with Crippen molar-refractivity contribution in [3.63, 3.8) is 0 Å². The highest BCUT2D eigenvalue weighted by molar-refractivity contribution is 6.04. The fourth-order valence-corrected chi connectivity index (χ4v) is 3.52. The minimum atomic E-state index is -4.55. The number of aryl methyl sites for hydroxylation is 2. The number of carbonyl (C=O) groups is 1. The number of anilines is 1. The van der Waals surface area contributed by atoms with E-state index in [-0.39, 0.29) is 22.9 Å². The van der Waals surface area contributed by atoms with Crippen LogP contribution in [0.25, 0.3) is 16.9 Å². The number of imidazole rings is 1. The summed E-state index contributed by atoms with van der Waals surface area (Å²) in [5.74, 6) is 0.424. The van der Waals surface area contributed by atoms with Gasteiger partial charge in [0.1, 0.15) is 11.6 Å². The lowest BCUT2D eigenvalue weighted by Gasteiger charge is -2.13. The summed E-state index contributed by atoms with van der Waals surface area (Å²) in [5.41, 5.74) is 0.682. The third-order valence-electron chi connectivity index (χ3n) is 5.10. The van der Waals surface area contributed by atoms with Crippen molar-refractivity contribution in [3.05, 3.63) is 70.9 Å². The molecule has 1 amide bonds. The number of benzene rings is 1. The van der Waals surface area contributed by atoms with Gasteiger partial charge < -0.3 is 5.32 Å². The van der Waals surface area contributed by atoms with Crippen LogP contribution >= 0.6 is 0 Å². The summed E-state index contributed by atoms with van der Waals surface area (Å²) in [4.78, 5) is 26.0. The number of hydrogen-bond donors (Lipinski definition) is 1. The zero-order chi connectivity index (χ0) is 23.9. The Morgan fingerprint density at radius 3 is 2.52 bits per heavy atom. The highest BCUT2D eigenvalue weighted by atomic mass is 19.4. The summed E-state index contributed by atoms with van der Waals surface area (Å²) in [7, 11) is 0. The minimum Gasteiger partial charge on any atom is -0.305 e.